The van der Waals surface area contributed by atoms with Crippen LogP contribution in [0.5, 0.6) is 0 Å². The van der Waals surface area contributed by atoms with E-state index in [1.54, 1.807) is 17.8 Å². The van der Waals surface area contributed by atoms with E-state index in [0.29, 0.717) is 11.0 Å². The van der Waals surface area contributed by atoms with Crippen molar-refractivity contribution < 1.29 is 4.79 Å². The molecule has 1 aromatic rings. The lowest BCUT2D eigenvalue weighted by Crippen LogP contribution is -2.41. The molecule has 0 spiro atoms. The fourth-order valence-electron chi connectivity index (χ4n) is 2.25. The van der Waals surface area contributed by atoms with Gasteiger partial charge in [0, 0.05) is 26.7 Å². The second kappa shape index (κ2) is 5.69. The zero-order chi connectivity index (χ0) is 13.1. The van der Waals surface area contributed by atoms with Gasteiger partial charge in [-0.25, -0.2) is 4.98 Å². The topological polar surface area (TPSA) is 76.2 Å². The molecule has 0 aromatic carbocycles. The normalized spacial score (nSPS) is 19.4. The van der Waals surface area contributed by atoms with Crippen molar-refractivity contribution in [1.29, 1.82) is 0 Å². The van der Waals surface area contributed by atoms with Gasteiger partial charge in [0.25, 0.3) is 0 Å². The molecule has 2 rings (SSSR count). The summed E-state index contributed by atoms with van der Waals surface area (Å²) in [5.74, 6) is 0.219. The highest BCUT2D eigenvalue weighted by atomic mass is 35.5. The van der Waals surface area contributed by atoms with Crippen molar-refractivity contribution in [3.8, 4) is 0 Å². The van der Waals surface area contributed by atoms with E-state index in [1.807, 2.05) is 0 Å². The number of nitrogens with zero attached hydrogens (tertiary/aromatic N) is 3. The third-order valence-corrected chi connectivity index (χ3v) is 3.57. The van der Waals surface area contributed by atoms with E-state index in [2.05, 4.69) is 15.2 Å². The number of aromatic nitrogens is 2. The van der Waals surface area contributed by atoms with Crippen LogP contribution in [0.1, 0.15) is 18.3 Å². The van der Waals surface area contributed by atoms with Crippen molar-refractivity contribution in [2.75, 3.05) is 26.2 Å². The molecule has 3 N–H and O–H groups in total. The first-order valence-corrected chi connectivity index (χ1v) is 6.40. The first-order valence-electron chi connectivity index (χ1n) is 6.02. The molecule has 1 fully saturated rings. The minimum atomic E-state index is -0.512. The van der Waals surface area contributed by atoms with Gasteiger partial charge in [0.05, 0.1) is 6.20 Å². The van der Waals surface area contributed by atoms with Crippen molar-refractivity contribution in [1.82, 2.24) is 19.8 Å². The van der Waals surface area contributed by atoms with Crippen molar-refractivity contribution in [2.24, 2.45) is 12.8 Å². The largest absolute Gasteiger partial charge is 0.368 e. The lowest BCUT2D eigenvalue weighted by atomic mass is 10.2. The van der Waals surface area contributed by atoms with E-state index >= 15 is 0 Å². The summed E-state index contributed by atoms with van der Waals surface area (Å²) in [4.78, 5) is 18.0. The molecule has 1 aliphatic rings. The van der Waals surface area contributed by atoms with Gasteiger partial charge in [-0.15, -0.1) is 0 Å². The van der Waals surface area contributed by atoms with Gasteiger partial charge in [-0.2, -0.15) is 0 Å². The quantitative estimate of drug-likeness (QED) is 0.805. The molecule has 1 aromatic heterocycles. The highest BCUT2D eigenvalue weighted by molar-refractivity contribution is 6.29. The van der Waals surface area contributed by atoms with Crippen LogP contribution in [0.2, 0.25) is 5.15 Å². The minimum absolute atomic E-state index is 0.387. The molecule has 0 bridgehead atoms. The number of primary amides is 1. The summed E-state index contributed by atoms with van der Waals surface area (Å²) >= 11 is 5.97. The van der Waals surface area contributed by atoms with Crippen LogP contribution in [0.25, 0.3) is 0 Å². The molecule has 7 heteroatoms. The van der Waals surface area contributed by atoms with Crippen LogP contribution >= 0.6 is 11.6 Å². The number of amides is 1. The van der Waals surface area contributed by atoms with Gasteiger partial charge < -0.3 is 15.6 Å². The second-order valence-corrected chi connectivity index (χ2v) is 4.83. The number of carbonyl (C=O) groups is 1. The molecule has 0 radical (unpaired) electrons. The number of rotatable bonds is 3. The lowest BCUT2D eigenvalue weighted by molar-refractivity contribution is -0.123. The third kappa shape index (κ3) is 2.66. The molecule has 1 atom stereocenters. The molecular formula is C11H18ClN5O. The number of hydrogen-bond donors (Lipinski definition) is 2. The van der Waals surface area contributed by atoms with Gasteiger partial charge in [-0.3, -0.25) is 9.69 Å². The molecule has 6 nitrogen and oxygen atoms in total. The Morgan fingerprint density at radius 1 is 1.56 bits per heavy atom. The average Bonchev–Trinajstić information content (AvgIpc) is 2.59. The Hall–Kier alpha value is -1.11. The summed E-state index contributed by atoms with van der Waals surface area (Å²) in [6.07, 6.45) is 2.53. The predicted octanol–water partition coefficient (Wildman–Crippen LogP) is -0.105. The summed E-state index contributed by atoms with van der Waals surface area (Å²) in [6, 6.07) is -0.512. The van der Waals surface area contributed by atoms with Gasteiger partial charge in [-0.05, 0) is 13.0 Å². The first kappa shape index (κ1) is 13.3. The summed E-state index contributed by atoms with van der Waals surface area (Å²) in [6.45, 7) is 3.41. The fourth-order valence-corrected chi connectivity index (χ4v) is 2.39. The Kier molecular flexibility index (Phi) is 4.21. The van der Waals surface area contributed by atoms with Crippen molar-refractivity contribution in [2.45, 2.75) is 12.5 Å². The Bertz CT molecular complexity index is 425. The molecule has 1 amide bonds. The van der Waals surface area contributed by atoms with E-state index in [0.717, 1.165) is 32.6 Å². The highest BCUT2D eigenvalue weighted by Gasteiger charge is 2.30. The Balaban J connectivity index is 2.27. The third-order valence-electron chi connectivity index (χ3n) is 3.22. The first-order chi connectivity index (χ1) is 8.61. The number of nitrogens with two attached hydrogens (primary N) is 1. The van der Waals surface area contributed by atoms with Crippen molar-refractivity contribution in [3.05, 3.63) is 17.2 Å². The molecule has 1 unspecified atom stereocenters. The second-order valence-electron chi connectivity index (χ2n) is 4.44. The maximum atomic E-state index is 11.7. The standard InChI is InChI=1S/C11H18ClN5O/c1-16-8(12)7-15-11(16)9(10(13)18)17-5-2-3-14-4-6-17/h7,9,14H,2-6H2,1H3,(H2,13,18). The summed E-state index contributed by atoms with van der Waals surface area (Å²) in [7, 11) is 1.79. The van der Waals surface area contributed by atoms with Crippen LogP contribution in [0, 0.1) is 0 Å². The van der Waals surface area contributed by atoms with Crippen molar-refractivity contribution in [3.63, 3.8) is 0 Å². The monoisotopic (exact) mass is 271 g/mol. The minimum Gasteiger partial charge on any atom is -0.368 e. The van der Waals surface area contributed by atoms with Crippen LogP contribution in [0.4, 0.5) is 0 Å². The number of carbonyl (C=O) groups excluding carboxylic acids is 1. The van der Waals surface area contributed by atoms with Gasteiger partial charge in [0.2, 0.25) is 5.91 Å². The maximum absolute atomic E-state index is 11.7. The van der Waals surface area contributed by atoms with Gasteiger partial charge in [0.15, 0.2) is 0 Å². The number of nitrogens with one attached hydrogen (secondary N) is 1. The van der Waals surface area contributed by atoms with E-state index < -0.39 is 6.04 Å². The highest BCUT2D eigenvalue weighted by Crippen LogP contribution is 2.22. The van der Waals surface area contributed by atoms with E-state index in [4.69, 9.17) is 17.3 Å². The molecule has 18 heavy (non-hydrogen) atoms. The molecule has 1 saturated heterocycles. The van der Waals surface area contributed by atoms with Crippen LogP contribution in [0.15, 0.2) is 6.20 Å². The zero-order valence-electron chi connectivity index (χ0n) is 10.4. The predicted molar refractivity (Wildman–Crippen MR) is 69.2 cm³/mol. The lowest BCUT2D eigenvalue weighted by Gasteiger charge is -2.27. The molecule has 0 aliphatic carbocycles. The Morgan fingerprint density at radius 3 is 2.94 bits per heavy atom. The van der Waals surface area contributed by atoms with E-state index in [1.165, 1.54) is 0 Å². The van der Waals surface area contributed by atoms with Crippen LogP contribution in [-0.4, -0.2) is 46.5 Å². The van der Waals surface area contributed by atoms with E-state index in [-0.39, 0.29) is 5.91 Å². The average molecular weight is 272 g/mol. The van der Waals surface area contributed by atoms with Gasteiger partial charge in [0.1, 0.15) is 17.0 Å². The smallest absolute Gasteiger partial charge is 0.242 e. The molecule has 100 valence electrons. The maximum Gasteiger partial charge on any atom is 0.242 e. The number of halogens is 1. The van der Waals surface area contributed by atoms with Gasteiger partial charge in [-0.1, -0.05) is 11.6 Å². The zero-order valence-corrected chi connectivity index (χ0v) is 11.2. The van der Waals surface area contributed by atoms with E-state index in [9.17, 15) is 4.79 Å². The van der Waals surface area contributed by atoms with Crippen molar-refractivity contribution >= 4 is 17.5 Å². The van der Waals surface area contributed by atoms with Crippen LogP contribution in [0.3, 0.4) is 0 Å². The number of hydrogen-bond acceptors (Lipinski definition) is 4. The molecular weight excluding hydrogens is 254 g/mol. The van der Waals surface area contributed by atoms with Gasteiger partial charge >= 0.3 is 0 Å². The summed E-state index contributed by atoms with van der Waals surface area (Å²) < 4.78 is 1.70. The summed E-state index contributed by atoms with van der Waals surface area (Å²) in [5.41, 5.74) is 5.53. The molecule has 1 aliphatic heterocycles. The fraction of sp³-hybridized carbons (Fsp3) is 0.636. The Labute approximate surface area is 111 Å². The SMILES string of the molecule is Cn1c(Cl)cnc1C(C(N)=O)N1CCCNCC1. The van der Waals surface area contributed by atoms with Crippen LogP contribution in [-0.2, 0) is 11.8 Å². The molecule has 0 saturated carbocycles. The number of imidazole rings is 1. The van der Waals surface area contributed by atoms with Crippen LogP contribution < -0.4 is 11.1 Å². The Morgan fingerprint density at radius 2 is 2.33 bits per heavy atom. The molecule has 2 heterocycles. The summed E-state index contributed by atoms with van der Waals surface area (Å²) in [5, 5.41) is 3.80.